The number of rotatable bonds is 2. The Labute approximate surface area is 156 Å². The molecule has 6 nitrogen and oxygen atoms in total. The van der Waals surface area contributed by atoms with Crippen molar-refractivity contribution in [3.63, 3.8) is 0 Å². The fourth-order valence-electron chi connectivity index (χ4n) is 3.61. The molecule has 27 heavy (non-hydrogen) atoms. The van der Waals surface area contributed by atoms with E-state index in [0.717, 1.165) is 23.8 Å². The third-order valence-corrected chi connectivity index (χ3v) is 4.85. The highest BCUT2D eigenvalue weighted by molar-refractivity contribution is 6.33. The van der Waals surface area contributed by atoms with E-state index in [1.54, 1.807) is 0 Å². The number of amides is 3. The minimum atomic E-state index is -0.764. The summed E-state index contributed by atoms with van der Waals surface area (Å²) in [6.45, 7) is -0.262. The zero-order valence-electron chi connectivity index (χ0n) is 13.9. The molecule has 0 atom stereocenters. The van der Waals surface area contributed by atoms with Gasteiger partial charge in [-0.15, -0.1) is 6.42 Å². The van der Waals surface area contributed by atoms with E-state index in [-0.39, 0.29) is 43.6 Å². The highest BCUT2D eigenvalue weighted by Crippen LogP contribution is 2.41. The Hall–Kier alpha value is -3.14. The molecule has 0 N–H and O–H groups in total. The molecule has 1 aliphatic carbocycles. The molecule has 0 radical (unpaired) electrons. The summed E-state index contributed by atoms with van der Waals surface area (Å²) in [6, 6.07) is 2.37. The molecule has 0 fully saturated rings. The van der Waals surface area contributed by atoms with Crippen LogP contribution in [0.3, 0.4) is 0 Å². The van der Waals surface area contributed by atoms with E-state index in [4.69, 9.17) is 11.2 Å². The molecule has 0 bridgehead atoms. The molecule has 1 aromatic rings. The number of nitrogens with zero attached hydrogens (tertiary/aromatic N) is 2. The number of terminal acetylenes is 1. The summed E-state index contributed by atoms with van der Waals surface area (Å²) in [4.78, 5) is 39.5. The van der Waals surface area contributed by atoms with Crippen LogP contribution in [-0.2, 0) is 14.4 Å². The van der Waals surface area contributed by atoms with Gasteiger partial charge in [0.25, 0.3) is 17.7 Å². The Morgan fingerprint density at radius 3 is 2.30 bits per heavy atom. The molecular weight excluding hydrogens is 351 g/mol. The van der Waals surface area contributed by atoms with Crippen molar-refractivity contribution < 1.29 is 23.5 Å². The number of fused-ring (bicyclic) bond motifs is 1. The lowest BCUT2D eigenvalue weighted by Gasteiger charge is -2.29. The molecule has 3 amide bonds. The predicted octanol–water partition coefficient (Wildman–Crippen LogP) is 2.56. The van der Waals surface area contributed by atoms with Gasteiger partial charge >= 0.3 is 0 Å². The SMILES string of the molecule is C.C#CCN1C(=O)COc2cc(F)c(N3C(=O)C4=C(CCCC4)C3=O)cc21. The average Bonchev–Trinajstić information content (AvgIpc) is 2.89. The Balaban J connectivity index is 0.00000210. The van der Waals surface area contributed by atoms with Gasteiger partial charge in [-0.2, -0.15) is 0 Å². The first-order valence-corrected chi connectivity index (χ1v) is 8.34. The Morgan fingerprint density at radius 2 is 1.70 bits per heavy atom. The first-order chi connectivity index (χ1) is 12.5. The lowest BCUT2D eigenvalue weighted by atomic mass is 9.93. The van der Waals surface area contributed by atoms with Crippen LogP contribution in [0, 0.1) is 18.2 Å². The van der Waals surface area contributed by atoms with E-state index < -0.39 is 17.6 Å². The summed E-state index contributed by atoms with van der Waals surface area (Å²) in [5, 5.41) is 0. The fraction of sp³-hybridized carbons (Fsp3) is 0.350. The van der Waals surface area contributed by atoms with Crippen molar-refractivity contribution in [1.82, 2.24) is 0 Å². The zero-order chi connectivity index (χ0) is 18.4. The minimum absolute atomic E-state index is 0. The van der Waals surface area contributed by atoms with Crippen molar-refractivity contribution >= 4 is 29.1 Å². The molecule has 140 valence electrons. The second-order valence-electron chi connectivity index (χ2n) is 6.35. The highest BCUT2D eigenvalue weighted by atomic mass is 19.1. The van der Waals surface area contributed by atoms with Crippen LogP contribution in [0.4, 0.5) is 15.8 Å². The van der Waals surface area contributed by atoms with Crippen LogP contribution in [0.2, 0.25) is 0 Å². The van der Waals surface area contributed by atoms with Gasteiger partial charge in [-0.25, -0.2) is 9.29 Å². The lowest BCUT2D eigenvalue weighted by molar-refractivity contribution is -0.121. The maximum absolute atomic E-state index is 14.7. The summed E-state index contributed by atoms with van der Waals surface area (Å²) >= 11 is 0. The number of ether oxygens (including phenoxy) is 1. The number of benzene rings is 1. The lowest BCUT2D eigenvalue weighted by Crippen LogP contribution is -2.39. The topological polar surface area (TPSA) is 66.9 Å². The van der Waals surface area contributed by atoms with Gasteiger partial charge in [-0.1, -0.05) is 13.3 Å². The summed E-state index contributed by atoms with van der Waals surface area (Å²) in [7, 11) is 0. The number of halogens is 1. The van der Waals surface area contributed by atoms with Crippen molar-refractivity contribution in [3.8, 4) is 18.1 Å². The number of carbonyl (C=O) groups is 3. The van der Waals surface area contributed by atoms with Gasteiger partial charge in [0.2, 0.25) is 0 Å². The number of hydrogen-bond donors (Lipinski definition) is 0. The predicted molar refractivity (Wildman–Crippen MR) is 97.8 cm³/mol. The molecular formula is C20H19FN2O4. The monoisotopic (exact) mass is 370 g/mol. The normalized spacial score (nSPS) is 18.6. The van der Waals surface area contributed by atoms with Crippen LogP contribution in [0.1, 0.15) is 33.1 Å². The molecule has 7 heteroatoms. The van der Waals surface area contributed by atoms with Gasteiger partial charge in [0, 0.05) is 17.2 Å². The molecule has 0 spiro atoms. The van der Waals surface area contributed by atoms with Crippen LogP contribution in [-0.4, -0.2) is 30.9 Å². The van der Waals surface area contributed by atoms with Crippen LogP contribution < -0.4 is 14.5 Å². The molecule has 0 unspecified atom stereocenters. The highest BCUT2D eigenvalue weighted by Gasteiger charge is 2.41. The number of carbonyl (C=O) groups excluding carboxylic acids is 3. The summed E-state index contributed by atoms with van der Waals surface area (Å²) in [5.74, 6) is 0.406. The Bertz CT molecular complexity index is 901. The fourth-order valence-corrected chi connectivity index (χ4v) is 3.61. The van der Waals surface area contributed by atoms with E-state index in [0.29, 0.717) is 24.0 Å². The van der Waals surface area contributed by atoms with Crippen LogP contribution in [0.15, 0.2) is 23.3 Å². The Kier molecular flexibility index (Phi) is 4.75. The maximum Gasteiger partial charge on any atom is 0.265 e. The third kappa shape index (κ3) is 2.78. The second kappa shape index (κ2) is 6.88. The van der Waals surface area contributed by atoms with E-state index in [1.165, 1.54) is 11.0 Å². The Morgan fingerprint density at radius 1 is 1.07 bits per heavy atom. The first-order valence-electron chi connectivity index (χ1n) is 8.34. The third-order valence-electron chi connectivity index (χ3n) is 4.85. The minimum Gasteiger partial charge on any atom is -0.481 e. The quantitative estimate of drug-likeness (QED) is 0.593. The van der Waals surface area contributed by atoms with Gasteiger partial charge in [-0.3, -0.25) is 19.3 Å². The molecule has 0 aromatic heterocycles. The van der Waals surface area contributed by atoms with Crippen molar-refractivity contribution in [3.05, 3.63) is 29.1 Å². The van der Waals surface area contributed by atoms with Crippen LogP contribution >= 0.6 is 0 Å². The van der Waals surface area contributed by atoms with Gasteiger partial charge < -0.3 is 4.74 Å². The number of anilines is 2. The molecule has 2 aliphatic heterocycles. The molecule has 4 rings (SSSR count). The summed E-state index contributed by atoms with van der Waals surface area (Å²) in [5.41, 5.74) is 0.992. The summed E-state index contributed by atoms with van der Waals surface area (Å²) in [6.07, 6.45) is 8.01. The smallest absolute Gasteiger partial charge is 0.265 e. The van der Waals surface area contributed by atoms with E-state index in [2.05, 4.69) is 5.92 Å². The summed E-state index contributed by atoms with van der Waals surface area (Å²) < 4.78 is 19.9. The van der Waals surface area contributed by atoms with Gasteiger partial charge in [0.1, 0.15) is 5.75 Å². The molecule has 0 saturated carbocycles. The van der Waals surface area contributed by atoms with Crippen molar-refractivity contribution in [2.45, 2.75) is 33.1 Å². The van der Waals surface area contributed by atoms with Crippen LogP contribution in [0.5, 0.6) is 5.75 Å². The van der Waals surface area contributed by atoms with Gasteiger partial charge in [0.15, 0.2) is 12.4 Å². The van der Waals surface area contributed by atoms with E-state index >= 15 is 0 Å². The van der Waals surface area contributed by atoms with Crippen molar-refractivity contribution in [2.75, 3.05) is 23.0 Å². The standard InChI is InChI=1S/C19H15FN2O4.CH4/c1-2-7-21-15-9-14(13(20)8-16(15)26-10-17(21)23)22-18(24)11-5-3-4-6-12(11)19(22)25;/h1,8-9H,3-7,10H2;1H4. The van der Waals surface area contributed by atoms with Gasteiger partial charge in [-0.05, 0) is 31.7 Å². The number of imide groups is 1. The van der Waals surface area contributed by atoms with Crippen molar-refractivity contribution in [1.29, 1.82) is 0 Å². The number of hydrogen-bond acceptors (Lipinski definition) is 4. The largest absolute Gasteiger partial charge is 0.481 e. The molecule has 0 saturated heterocycles. The van der Waals surface area contributed by atoms with Crippen LogP contribution in [0.25, 0.3) is 0 Å². The van der Waals surface area contributed by atoms with E-state index in [9.17, 15) is 18.8 Å². The second-order valence-corrected chi connectivity index (χ2v) is 6.35. The maximum atomic E-state index is 14.7. The van der Waals surface area contributed by atoms with Gasteiger partial charge in [0.05, 0.1) is 17.9 Å². The molecule has 2 heterocycles. The molecule has 3 aliphatic rings. The zero-order valence-corrected chi connectivity index (χ0v) is 13.9. The average molecular weight is 370 g/mol. The van der Waals surface area contributed by atoms with Crippen molar-refractivity contribution in [2.24, 2.45) is 0 Å². The van der Waals surface area contributed by atoms with E-state index in [1.807, 2.05) is 0 Å². The first kappa shape index (κ1) is 18.6. The molecule has 1 aromatic carbocycles.